The lowest BCUT2D eigenvalue weighted by Crippen LogP contribution is -2.30. The first kappa shape index (κ1) is 16.3. The molecular weight excluding hydrogens is 376 g/mol. The van der Waals surface area contributed by atoms with Gasteiger partial charge in [0.25, 0.3) is 5.91 Å². The summed E-state index contributed by atoms with van der Waals surface area (Å²) in [5, 5.41) is 3.45. The monoisotopic (exact) mass is 392 g/mol. The van der Waals surface area contributed by atoms with Gasteiger partial charge in [-0.2, -0.15) is 0 Å². The summed E-state index contributed by atoms with van der Waals surface area (Å²) in [6, 6.07) is 13.2. The van der Waals surface area contributed by atoms with Crippen molar-refractivity contribution in [1.82, 2.24) is 0 Å². The molecule has 3 nitrogen and oxygen atoms in total. The highest BCUT2D eigenvalue weighted by molar-refractivity contribution is 9.10. The van der Waals surface area contributed by atoms with Crippen LogP contribution in [-0.4, -0.2) is 19.0 Å². The molecule has 0 atom stereocenters. The van der Waals surface area contributed by atoms with Crippen LogP contribution in [0.5, 0.6) is 0 Å². The molecule has 0 bridgehead atoms. The molecule has 1 heterocycles. The first-order valence-electron chi connectivity index (χ1n) is 7.75. The summed E-state index contributed by atoms with van der Waals surface area (Å²) in [4.78, 5) is 14.9. The molecule has 2 aromatic carbocycles. The molecule has 3 rings (SSSR count). The largest absolute Gasteiger partial charge is 0.370 e. The number of benzene rings is 2. The topological polar surface area (TPSA) is 32.3 Å². The molecule has 2 aromatic rings. The van der Waals surface area contributed by atoms with E-state index < -0.39 is 0 Å². The summed E-state index contributed by atoms with van der Waals surface area (Å²) in [5.74, 6) is -0.194. The van der Waals surface area contributed by atoms with Gasteiger partial charge in [-0.15, -0.1) is 0 Å². The van der Waals surface area contributed by atoms with Gasteiger partial charge in [-0.1, -0.05) is 39.7 Å². The van der Waals surface area contributed by atoms with E-state index in [0.717, 1.165) is 28.9 Å². The predicted molar refractivity (Wildman–Crippen MR) is 99.6 cm³/mol. The van der Waals surface area contributed by atoms with E-state index in [1.165, 1.54) is 19.3 Å². The molecule has 120 valence electrons. The smallest absolute Gasteiger partial charge is 0.257 e. The van der Waals surface area contributed by atoms with Gasteiger partial charge in [0, 0.05) is 17.6 Å². The van der Waals surface area contributed by atoms with E-state index in [2.05, 4.69) is 32.2 Å². The number of carbonyl (C=O) groups excluding carboxylic acids is 1. The highest BCUT2D eigenvalue weighted by Crippen LogP contribution is 2.29. The van der Waals surface area contributed by atoms with Crippen LogP contribution in [-0.2, 0) is 0 Å². The van der Waals surface area contributed by atoms with E-state index in [4.69, 9.17) is 11.6 Å². The van der Waals surface area contributed by atoms with Gasteiger partial charge in [0.05, 0.1) is 22.0 Å². The normalized spacial score (nSPS) is 14.6. The van der Waals surface area contributed by atoms with Crippen LogP contribution in [0.1, 0.15) is 29.6 Å². The van der Waals surface area contributed by atoms with Crippen molar-refractivity contribution in [2.45, 2.75) is 19.3 Å². The van der Waals surface area contributed by atoms with Crippen molar-refractivity contribution < 1.29 is 4.79 Å². The Morgan fingerprint density at radius 1 is 1.09 bits per heavy atom. The van der Waals surface area contributed by atoms with Crippen molar-refractivity contribution in [1.29, 1.82) is 0 Å². The van der Waals surface area contributed by atoms with Crippen molar-refractivity contribution >= 4 is 44.8 Å². The van der Waals surface area contributed by atoms with Crippen LogP contribution in [0.4, 0.5) is 11.4 Å². The molecule has 0 unspecified atom stereocenters. The zero-order valence-electron chi connectivity index (χ0n) is 12.7. The number of piperidine rings is 1. The summed E-state index contributed by atoms with van der Waals surface area (Å²) in [6.07, 6.45) is 3.66. The van der Waals surface area contributed by atoms with Gasteiger partial charge >= 0.3 is 0 Å². The first-order chi connectivity index (χ1) is 11.1. The predicted octanol–water partition coefficient (Wildman–Crippen LogP) is 5.35. The molecule has 1 N–H and O–H groups in total. The van der Waals surface area contributed by atoms with Crippen molar-refractivity contribution in [2.24, 2.45) is 0 Å². The second-order valence-corrected chi connectivity index (χ2v) is 6.97. The molecule has 1 aliphatic rings. The highest BCUT2D eigenvalue weighted by atomic mass is 79.9. The standard InChI is InChI=1S/C18H18BrClN2O/c19-13-8-9-15(20)14(12-13)18(23)21-16-6-2-3-7-17(16)22-10-4-1-5-11-22/h2-3,6-9,12H,1,4-5,10-11H2,(H,21,23). The fourth-order valence-electron chi connectivity index (χ4n) is 2.85. The van der Waals surface area contributed by atoms with Gasteiger partial charge in [0.1, 0.15) is 0 Å². The Bertz CT molecular complexity index is 714. The second kappa shape index (κ2) is 7.37. The summed E-state index contributed by atoms with van der Waals surface area (Å²) < 4.78 is 0.830. The van der Waals surface area contributed by atoms with Gasteiger partial charge in [-0.05, 0) is 49.6 Å². The van der Waals surface area contributed by atoms with Crippen molar-refractivity contribution in [3.63, 3.8) is 0 Å². The van der Waals surface area contributed by atoms with Crippen molar-refractivity contribution in [3.05, 3.63) is 57.5 Å². The van der Waals surface area contributed by atoms with Gasteiger partial charge in [0.2, 0.25) is 0 Å². The molecule has 0 aliphatic carbocycles. The van der Waals surface area contributed by atoms with Crippen LogP contribution >= 0.6 is 27.5 Å². The molecule has 0 saturated carbocycles. The Morgan fingerprint density at radius 2 is 1.83 bits per heavy atom. The average molecular weight is 394 g/mol. The van der Waals surface area contributed by atoms with Crippen LogP contribution in [0.2, 0.25) is 5.02 Å². The Labute approximate surface area is 149 Å². The molecule has 23 heavy (non-hydrogen) atoms. The number of halogens is 2. The lowest BCUT2D eigenvalue weighted by Gasteiger charge is -2.30. The van der Waals surface area contributed by atoms with E-state index in [1.807, 2.05) is 24.3 Å². The van der Waals surface area contributed by atoms with E-state index in [0.29, 0.717) is 10.6 Å². The maximum Gasteiger partial charge on any atom is 0.257 e. The molecule has 0 aromatic heterocycles. The highest BCUT2D eigenvalue weighted by Gasteiger charge is 2.17. The quantitative estimate of drug-likeness (QED) is 0.763. The zero-order chi connectivity index (χ0) is 16.2. The zero-order valence-corrected chi connectivity index (χ0v) is 15.0. The maximum absolute atomic E-state index is 12.6. The summed E-state index contributed by atoms with van der Waals surface area (Å²) in [7, 11) is 0. The molecule has 0 spiro atoms. The minimum atomic E-state index is -0.194. The Balaban J connectivity index is 1.85. The third-order valence-electron chi connectivity index (χ3n) is 4.02. The van der Waals surface area contributed by atoms with Crippen LogP contribution in [0.25, 0.3) is 0 Å². The molecule has 1 saturated heterocycles. The minimum Gasteiger partial charge on any atom is -0.370 e. The first-order valence-corrected chi connectivity index (χ1v) is 8.92. The maximum atomic E-state index is 12.6. The number of nitrogens with zero attached hydrogens (tertiary/aromatic N) is 1. The second-order valence-electron chi connectivity index (χ2n) is 5.64. The van der Waals surface area contributed by atoms with Crippen molar-refractivity contribution in [3.8, 4) is 0 Å². The van der Waals surface area contributed by atoms with E-state index in [1.54, 1.807) is 12.1 Å². The number of rotatable bonds is 3. The van der Waals surface area contributed by atoms with E-state index in [-0.39, 0.29) is 5.91 Å². The van der Waals surface area contributed by atoms with Crippen LogP contribution in [0, 0.1) is 0 Å². The van der Waals surface area contributed by atoms with Gasteiger partial charge in [-0.3, -0.25) is 4.79 Å². The van der Waals surface area contributed by atoms with E-state index >= 15 is 0 Å². The fourth-order valence-corrected chi connectivity index (χ4v) is 3.42. The molecular formula is C18H18BrClN2O. The number of hydrogen-bond acceptors (Lipinski definition) is 2. The molecule has 5 heteroatoms. The van der Waals surface area contributed by atoms with Gasteiger partial charge < -0.3 is 10.2 Å². The Hall–Kier alpha value is -1.52. The number of para-hydroxylation sites is 2. The SMILES string of the molecule is O=C(Nc1ccccc1N1CCCCC1)c1cc(Br)ccc1Cl. The molecule has 1 aliphatic heterocycles. The molecule has 1 fully saturated rings. The number of carbonyl (C=O) groups is 1. The van der Waals surface area contributed by atoms with E-state index in [9.17, 15) is 4.79 Å². The number of hydrogen-bond donors (Lipinski definition) is 1. The molecule has 1 amide bonds. The van der Waals surface area contributed by atoms with Gasteiger partial charge in [0.15, 0.2) is 0 Å². The average Bonchev–Trinajstić information content (AvgIpc) is 2.58. The summed E-state index contributed by atoms with van der Waals surface area (Å²) >= 11 is 9.53. The third kappa shape index (κ3) is 3.88. The third-order valence-corrected chi connectivity index (χ3v) is 4.84. The fraction of sp³-hybridized carbons (Fsp3) is 0.278. The van der Waals surface area contributed by atoms with Crippen LogP contribution in [0.15, 0.2) is 46.9 Å². The van der Waals surface area contributed by atoms with Crippen LogP contribution in [0.3, 0.4) is 0 Å². The lowest BCUT2D eigenvalue weighted by atomic mass is 10.1. The van der Waals surface area contributed by atoms with Gasteiger partial charge in [-0.25, -0.2) is 0 Å². The summed E-state index contributed by atoms with van der Waals surface area (Å²) in [5.41, 5.74) is 2.37. The lowest BCUT2D eigenvalue weighted by molar-refractivity contribution is 0.102. The Kier molecular flexibility index (Phi) is 5.23. The number of nitrogens with one attached hydrogen (secondary N) is 1. The number of anilines is 2. The van der Waals surface area contributed by atoms with Crippen LogP contribution < -0.4 is 10.2 Å². The molecule has 0 radical (unpaired) electrons. The van der Waals surface area contributed by atoms with Crippen molar-refractivity contribution in [2.75, 3.05) is 23.3 Å². The summed E-state index contributed by atoms with van der Waals surface area (Å²) in [6.45, 7) is 2.06. The Morgan fingerprint density at radius 3 is 2.61 bits per heavy atom. The minimum absolute atomic E-state index is 0.194. The number of amides is 1.